The van der Waals surface area contributed by atoms with Crippen LogP contribution in [-0.2, 0) is 11.3 Å². The Balaban J connectivity index is 2.45. The van der Waals surface area contributed by atoms with Crippen molar-refractivity contribution in [3.05, 3.63) is 29.8 Å². The molecule has 1 amide bonds. The third-order valence-electron chi connectivity index (χ3n) is 2.58. The van der Waals surface area contributed by atoms with Gasteiger partial charge in [-0.2, -0.15) is 0 Å². The molecule has 0 spiro atoms. The quantitative estimate of drug-likeness (QED) is 0.690. The minimum atomic E-state index is -0.00316. The normalized spacial score (nSPS) is 10.1. The van der Waals surface area contributed by atoms with Gasteiger partial charge in [-0.15, -0.1) is 0 Å². The van der Waals surface area contributed by atoms with Gasteiger partial charge in [-0.1, -0.05) is 25.1 Å². The fourth-order valence-electron chi connectivity index (χ4n) is 1.57. The number of ether oxygens (including phenoxy) is 1. The maximum Gasteiger partial charge on any atom is 0.223 e. The molecule has 0 aliphatic rings. The number of hydrogen-bond donors (Lipinski definition) is 2. The lowest BCUT2D eigenvalue weighted by molar-refractivity contribution is -0.121. The molecule has 2 N–H and O–H groups in total. The summed E-state index contributed by atoms with van der Waals surface area (Å²) in [5.41, 5.74) is 1.13. The molecule has 0 saturated heterocycles. The topological polar surface area (TPSA) is 50.4 Å². The number of hydrogen-bond acceptors (Lipinski definition) is 3. The second kappa shape index (κ2) is 8.53. The first-order valence-corrected chi connectivity index (χ1v) is 6.40. The fraction of sp³-hybridized carbons (Fsp3) is 0.500. The molecule has 0 saturated carbocycles. The minimum Gasteiger partial charge on any atom is -0.493 e. The molecule has 4 nitrogen and oxygen atoms in total. The highest BCUT2D eigenvalue weighted by atomic mass is 16.5. The van der Waals surface area contributed by atoms with Crippen LogP contribution in [0.5, 0.6) is 5.75 Å². The molecule has 0 aromatic heterocycles. The van der Waals surface area contributed by atoms with E-state index < -0.39 is 0 Å². The molecule has 18 heavy (non-hydrogen) atoms. The molecular formula is C14H22N2O2. The van der Waals surface area contributed by atoms with E-state index in [0.29, 0.717) is 13.0 Å². The maximum absolute atomic E-state index is 11.1. The predicted octanol–water partition coefficient (Wildman–Crippen LogP) is 1.70. The van der Waals surface area contributed by atoms with Crippen LogP contribution in [0.2, 0.25) is 0 Å². The molecule has 0 aliphatic heterocycles. The van der Waals surface area contributed by atoms with Crippen molar-refractivity contribution in [2.75, 3.05) is 20.2 Å². The lowest BCUT2D eigenvalue weighted by Gasteiger charge is -2.11. The molecule has 1 aromatic rings. The van der Waals surface area contributed by atoms with E-state index >= 15 is 0 Å². The monoisotopic (exact) mass is 250 g/mol. The van der Waals surface area contributed by atoms with Crippen molar-refractivity contribution in [2.45, 2.75) is 26.3 Å². The van der Waals surface area contributed by atoms with Gasteiger partial charge < -0.3 is 15.4 Å². The SMILES string of the molecule is CCCNCc1ccccc1OCCC(=O)NC. The van der Waals surface area contributed by atoms with Gasteiger partial charge >= 0.3 is 0 Å². The number of nitrogens with one attached hydrogen (secondary N) is 2. The molecule has 0 radical (unpaired) electrons. The molecule has 0 aliphatic carbocycles. The number of para-hydroxylation sites is 1. The van der Waals surface area contributed by atoms with Gasteiger partial charge in [0.15, 0.2) is 0 Å². The fourth-order valence-corrected chi connectivity index (χ4v) is 1.57. The van der Waals surface area contributed by atoms with Crippen LogP contribution >= 0.6 is 0 Å². The Kier molecular flexibility index (Phi) is 6.87. The van der Waals surface area contributed by atoms with Crippen LogP contribution in [0.25, 0.3) is 0 Å². The second-order valence-corrected chi connectivity index (χ2v) is 4.06. The highest BCUT2D eigenvalue weighted by molar-refractivity contribution is 5.75. The van der Waals surface area contributed by atoms with Gasteiger partial charge in [0.05, 0.1) is 13.0 Å². The van der Waals surface area contributed by atoms with Gasteiger partial charge in [0.2, 0.25) is 5.91 Å². The molecule has 100 valence electrons. The van der Waals surface area contributed by atoms with E-state index in [2.05, 4.69) is 17.6 Å². The Labute approximate surface area is 109 Å². The van der Waals surface area contributed by atoms with Crippen molar-refractivity contribution < 1.29 is 9.53 Å². The Morgan fingerprint density at radius 2 is 2.11 bits per heavy atom. The first kappa shape index (κ1) is 14.5. The van der Waals surface area contributed by atoms with Crippen molar-refractivity contribution in [3.8, 4) is 5.75 Å². The summed E-state index contributed by atoms with van der Waals surface area (Å²) in [6.07, 6.45) is 1.49. The number of amides is 1. The molecule has 0 atom stereocenters. The summed E-state index contributed by atoms with van der Waals surface area (Å²) < 4.78 is 5.64. The summed E-state index contributed by atoms with van der Waals surface area (Å²) in [5.74, 6) is 0.849. The number of carbonyl (C=O) groups excluding carboxylic acids is 1. The molecule has 1 rings (SSSR count). The molecule has 0 bridgehead atoms. The summed E-state index contributed by atoms with van der Waals surface area (Å²) in [7, 11) is 1.63. The Bertz CT molecular complexity index is 367. The summed E-state index contributed by atoms with van der Waals surface area (Å²) in [4.78, 5) is 11.1. The zero-order valence-electron chi connectivity index (χ0n) is 11.2. The largest absolute Gasteiger partial charge is 0.493 e. The third kappa shape index (κ3) is 5.19. The van der Waals surface area contributed by atoms with Gasteiger partial charge in [0.25, 0.3) is 0 Å². The Hall–Kier alpha value is -1.55. The molecule has 0 fully saturated rings. The second-order valence-electron chi connectivity index (χ2n) is 4.06. The minimum absolute atomic E-state index is 0.00316. The van der Waals surface area contributed by atoms with Crippen molar-refractivity contribution in [1.29, 1.82) is 0 Å². The standard InChI is InChI=1S/C14H22N2O2/c1-3-9-16-11-12-6-4-5-7-13(12)18-10-8-14(17)15-2/h4-7,16H,3,8-11H2,1-2H3,(H,15,17). The first-order chi connectivity index (χ1) is 8.77. The van der Waals surface area contributed by atoms with E-state index in [1.54, 1.807) is 7.05 Å². The zero-order chi connectivity index (χ0) is 13.2. The van der Waals surface area contributed by atoms with Crippen molar-refractivity contribution >= 4 is 5.91 Å². The van der Waals surface area contributed by atoms with Gasteiger partial charge in [0.1, 0.15) is 5.75 Å². The van der Waals surface area contributed by atoms with E-state index in [4.69, 9.17) is 4.74 Å². The summed E-state index contributed by atoms with van der Waals surface area (Å²) in [5, 5.41) is 5.92. The maximum atomic E-state index is 11.1. The molecule has 0 heterocycles. The average Bonchev–Trinajstić information content (AvgIpc) is 2.40. The van der Waals surface area contributed by atoms with E-state index in [0.717, 1.165) is 30.8 Å². The smallest absolute Gasteiger partial charge is 0.223 e. The lowest BCUT2D eigenvalue weighted by atomic mass is 10.2. The summed E-state index contributed by atoms with van der Waals surface area (Å²) in [6, 6.07) is 7.91. The van der Waals surface area contributed by atoms with Crippen molar-refractivity contribution in [3.63, 3.8) is 0 Å². The number of benzene rings is 1. The Morgan fingerprint density at radius 1 is 1.33 bits per heavy atom. The molecule has 4 heteroatoms. The first-order valence-electron chi connectivity index (χ1n) is 6.40. The van der Waals surface area contributed by atoms with Crippen LogP contribution in [0.1, 0.15) is 25.3 Å². The van der Waals surface area contributed by atoms with Gasteiger partial charge in [-0.3, -0.25) is 4.79 Å². The molecular weight excluding hydrogens is 228 g/mol. The van der Waals surface area contributed by atoms with E-state index in [-0.39, 0.29) is 5.91 Å². The van der Waals surface area contributed by atoms with Crippen molar-refractivity contribution in [2.24, 2.45) is 0 Å². The van der Waals surface area contributed by atoms with E-state index in [1.165, 1.54) is 0 Å². The summed E-state index contributed by atoms with van der Waals surface area (Å²) in [6.45, 7) is 4.33. The Morgan fingerprint density at radius 3 is 2.83 bits per heavy atom. The summed E-state index contributed by atoms with van der Waals surface area (Å²) >= 11 is 0. The lowest BCUT2D eigenvalue weighted by Crippen LogP contribution is -2.20. The number of carbonyl (C=O) groups is 1. The zero-order valence-corrected chi connectivity index (χ0v) is 11.2. The number of rotatable bonds is 8. The van der Waals surface area contributed by atoms with Crippen LogP contribution in [0.4, 0.5) is 0 Å². The van der Waals surface area contributed by atoms with Gasteiger partial charge in [0, 0.05) is 19.2 Å². The highest BCUT2D eigenvalue weighted by Crippen LogP contribution is 2.17. The van der Waals surface area contributed by atoms with Gasteiger partial charge in [-0.05, 0) is 19.0 Å². The van der Waals surface area contributed by atoms with E-state index in [1.807, 2.05) is 24.3 Å². The average molecular weight is 250 g/mol. The van der Waals surface area contributed by atoms with Crippen LogP contribution in [0.15, 0.2) is 24.3 Å². The van der Waals surface area contributed by atoms with Crippen LogP contribution in [0, 0.1) is 0 Å². The highest BCUT2D eigenvalue weighted by Gasteiger charge is 2.03. The third-order valence-corrected chi connectivity index (χ3v) is 2.58. The predicted molar refractivity (Wildman–Crippen MR) is 72.6 cm³/mol. The van der Waals surface area contributed by atoms with Gasteiger partial charge in [-0.25, -0.2) is 0 Å². The molecule has 0 unspecified atom stereocenters. The van der Waals surface area contributed by atoms with Crippen LogP contribution in [-0.4, -0.2) is 26.1 Å². The molecule has 1 aromatic carbocycles. The van der Waals surface area contributed by atoms with Crippen molar-refractivity contribution in [1.82, 2.24) is 10.6 Å². The van der Waals surface area contributed by atoms with Crippen LogP contribution in [0.3, 0.4) is 0 Å². The van der Waals surface area contributed by atoms with Crippen LogP contribution < -0.4 is 15.4 Å². The van der Waals surface area contributed by atoms with E-state index in [9.17, 15) is 4.79 Å².